The molecule has 0 aliphatic heterocycles. The van der Waals surface area contributed by atoms with Crippen LogP contribution in [0.25, 0.3) is 0 Å². The number of nitrogens with zero attached hydrogens (tertiary/aromatic N) is 3. The van der Waals surface area contributed by atoms with Crippen LogP contribution >= 0.6 is 0 Å². The van der Waals surface area contributed by atoms with Crippen molar-refractivity contribution >= 4 is 0 Å². The van der Waals surface area contributed by atoms with E-state index in [2.05, 4.69) is 27.2 Å². The molecule has 2 aromatic rings. The van der Waals surface area contributed by atoms with Crippen LogP contribution in [0.2, 0.25) is 0 Å². The molecule has 0 atom stereocenters. The van der Waals surface area contributed by atoms with Gasteiger partial charge in [-0.15, -0.1) is 0 Å². The minimum Gasteiger partial charge on any atom is -0.311 e. The van der Waals surface area contributed by atoms with Gasteiger partial charge in [0.15, 0.2) is 0 Å². The lowest BCUT2D eigenvalue weighted by molar-refractivity contribution is 0.696. The number of aryl methyl sites for hydroxylation is 1. The summed E-state index contributed by atoms with van der Waals surface area (Å²) in [7, 11) is 0. The standard InChI is InChI=1S/C14H18N4/c1-3-15-10-13-11(2)9-17-14(18-13)8-12-6-4-5-7-16-12/h4-7,9,15H,3,8,10H2,1-2H3. The molecule has 0 bridgehead atoms. The summed E-state index contributed by atoms with van der Waals surface area (Å²) >= 11 is 0. The zero-order chi connectivity index (χ0) is 12.8. The fourth-order valence-corrected chi connectivity index (χ4v) is 1.69. The fourth-order valence-electron chi connectivity index (χ4n) is 1.69. The predicted molar refractivity (Wildman–Crippen MR) is 71.2 cm³/mol. The van der Waals surface area contributed by atoms with Crippen molar-refractivity contribution in [3.05, 3.63) is 53.4 Å². The van der Waals surface area contributed by atoms with Crippen LogP contribution in [0, 0.1) is 6.92 Å². The smallest absolute Gasteiger partial charge is 0.134 e. The molecule has 0 aromatic carbocycles. The zero-order valence-electron chi connectivity index (χ0n) is 10.8. The van der Waals surface area contributed by atoms with E-state index in [1.54, 1.807) is 6.20 Å². The Hall–Kier alpha value is -1.81. The zero-order valence-corrected chi connectivity index (χ0v) is 10.8. The number of hydrogen-bond donors (Lipinski definition) is 1. The molecular weight excluding hydrogens is 224 g/mol. The molecule has 2 rings (SSSR count). The Morgan fingerprint density at radius 2 is 2.11 bits per heavy atom. The van der Waals surface area contributed by atoms with Crippen molar-refractivity contribution in [2.45, 2.75) is 26.8 Å². The van der Waals surface area contributed by atoms with Crippen molar-refractivity contribution in [3.8, 4) is 0 Å². The molecule has 0 fully saturated rings. The lowest BCUT2D eigenvalue weighted by Gasteiger charge is -2.07. The summed E-state index contributed by atoms with van der Waals surface area (Å²) in [4.78, 5) is 13.2. The van der Waals surface area contributed by atoms with Crippen molar-refractivity contribution in [3.63, 3.8) is 0 Å². The maximum absolute atomic E-state index is 4.59. The number of pyridine rings is 1. The first-order valence-corrected chi connectivity index (χ1v) is 6.21. The molecule has 0 amide bonds. The Morgan fingerprint density at radius 1 is 1.22 bits per heavy atom. The second-order valence-corrected chi connectivity index (χ2v) is 4.19. The lowest BCUT2D eigenvalue weighted by Crippen LogP contribution is -2.15. The highest BCUT2D eigenvalue weighted by atomic mass is 14.9. The van der Waals surface area contributed by atoms with E-state index in [1.165, 1.54) is 0 Å². The molecule has 0 radical (unpaired) electrons. The molecule has 18 heavy (non-hydrogen) atoms. The average Bonchev–Trinajstić information content (AvgIpc) is 2.40. The highest BCUT2D eigenvalue weighted by Gasteiger charge is 2.05. The minimum atomic E-state index is 0.681. The lowest BCUT2D eigenvalue weighted by atomic mass is 10.2. The van der Waals surface area contributed by atoms with Crippen molar-refractivity contribution < 1.29 is 0 Å². The van der Waals surface area contributed by atoms with Gasteiger partial charge in [0.1, 0.15) is 5.82 Å². The molecule has 0 saturated carbocycles. The Balaban J connectivity index is 2.14. The molecule has 0 unspecified atom stereocenters. The van der Waals surface area contributed by atoms with Crippen molar-refractivity contribution in [1.82, 2.24) is 20.3 Å². The van der Waals surface area contributed by atoms with E-state index >= 15 is 0 Å². The van der Waals surface area contributed by atoms with E-state index in [1.807, 2.05) is 31.3 Å². The largest absolute Gasteiger partial charge is 0.311 e. The number of hydrogen-bond acceptors (Lipinski definition) is 4. The molecule has 94 valence electrons. The van der Waals surface area contributed by atoms with E-state index < -0.39 is 0 Å². The topological polar surface area (TPSA) is 50.7 Å². The Labute approximate surface area is 108 Å². The van der Waals surface area contributed by atoms with Crippen molar-refractivity contribution in [2.75, 3.05) is 6.54 Å². The Kier molecular flexibility index (Phi) is 4.36. The number of nitrogens with one attached hydrogen (secondary N) is 1. The van der Waals surface area contributed by atoms with Crippen LogP contribution in [0.15, 0.2) is 30.6 Å². The van der Waals surface area contributed by atoms with Crippen LogP contribution in [0.1, 0.15) is 29.7 Å². The monoisotopic (exact) mass is 242 g/mol. The van der Waals surface area contributed by atoms with Gasteiger partial charge in [0.25, 0.3) is 0 Å². The van der Waals surface area contributed by atoms with Gasteiger partial charge >= 0.3 is 0 Å². The quantitative estimate of drug-likeness (QED) is 0.869. The molecular formula is C14H18N4. The van der Waals surface area contributed by atoms with E-state index in [0.717, 1.165) is 35.9 Å². The Bertz CT molecular complexity index is 496. The third-order valence-corrected chi connectivity index (χ3v) is 2.73. The van der Waals surface area contributed by atoms with Crippen LogP contribution in [0.3, 0.4) is 0 Å². The summed E-state index contributed by atoms with van der Waals surface area (Å²) < 4.78 is 0. The van der Waals surface area contributed by atoms with Gasteiger partial charge < -0.3 is 5.32 Å². The third-order valence-electron chi connectivity index (χ3n) is 2.73. The van der Waals surface area contributed by atoms with E-state index in [4.69, 9.17) is 0 Å². The number of rotatable bonds is 5. The molecule has 2 aromatic heterocycles. The Morgan fingerprint density at radius 3 is 2.83 bits per heavy atom. The van der Waals surface area contributed by atoms with Gasteiger partial charge in [0.05, 0.1) is 12.1 Å². The fraction of sp³-hybridized carbons (Fsp3) is 0.357. The van der Waals surface area contributed by atoms with Gasteiger partial charge in [-0.25, -0.2) is 9.97 Å². The summed E-state index contributed by atoms with van der Waals surface area (Å²) in [6.45, 7) is 5.86. The van der Waals surface area contributed by atoms with Gasteiger partial charge in [-0.3, -0.25) is 4.98 Å². The summed E-state index contributed by atoms with van der Waals surface area (Å²) in [5.74, 6) is 0.826. The van der Waals surface area contributed by atoms with Crippen LogP contribution in [0.5, 0.6) is 0 Å². The van der Waals surface area contributed by atoms with Gasteiger partial charge in [0, 0.05) is 24.6 Å². The van der Waals surface area contributed by atoms with E-state index in [9.17, 15) is 0 Å². The van der Waals surface area contributed by atoms with Crippen LogP contribution in [-0.2, 0) is 13.0 Å². The SMILES string of the molecule is CCNCc1nc(Cc2ccccn2)ncc1C. The van der Waals surface area contributed by atoms with Crippen LogP contribution in [0.4, 0.5) is 0 Å². The van der Waals surface area contributed by atoms with Crippen LogP contribution < -0.4 is 5.32 Å². The molecule has 0 spiro atoms. The summed E-state index contributed by atoms with van der Waals surface area (Å²) in [5.41, 5.74) is 3.19. The maximum Gasteiger partial charge on any atom is 0.134 e. The first-order chi connectivity index (χ1) is 8.79. The predicted octanol–water partition coefficient (Wildman–Crippen LogP) is 1.88. The first kappa shape index (κ1) is 12.6. The normalized spacial score (nSPS) is 10.6. The molecule has 0 aliphatic carbocycles. The van der Waals surface area contributed by atoms with Gasteiger partial charge in [0.2, 0.25) is 0 Å². The highest BCUT2D eigenvalue weighted by Crippen LogP contribution is 2.07. The van der Waals surface area contributed by atoms with Crippen molar-refractivity contribution in [2.24, 2.45) is 0 Å². The molecule has 0 saturated heterocycles. The van der Waals surface area contributed by atoms with Crippen molar-refractivity contribution in [1.29, 1.82) is 0 Å². The van der Waals surface area contributed by atoms with Gasteiger partial charge in [-0.2, -0.15) is 0 Å². The van der Waals surface area contributed by atoms with E-state index in [0.29, 0.717) is 6.42 Å². The first-order valence-electron chi connectivity index (χ1n) is 6.21. The second kappa shape index (κ2) is 6.21. The number of aromatic nitrogens is 3. The molecule has 1 N–H and O–H groups in total. The van der Waals surface area contributed by atoms with Gasteiger partial charge in [-0.05, 0) is 31.2 Å². The highest BCUT2D eigenvalue weighted by molar-refractivity contribution is 5.18. The minimum absolute atomic E-state index is 0.681. The second-order valence-electron chi connectivity index (χ2n) is 4.19. The van der Waals surface area contributed by atoms with Gasteiger partial charge in [-0.1, -0.05) is 13.0 Å². The molecule has 0 aliphatic rings. The summed E-state index contributed by atoms with van der Waals surface area (Å²) in [6.07, 6.45) is 4.36. The third kappa shape index (κ3) is 3.34. The molecule has 4 nitrogen and oxygen atoms in total. The molecule has 2 heterocycles. The molecule has 4 heteroatoms. The maximum atomic E-state index is 4.59. The summed E-state index contributed by atoms with van der Waals surface area (Å²) in [5, 5.41) is 3.29. The van der Waals surface area contributed by atoms with Crippen LogP contribution in [-0.4, -0.2) is 21.5 Å². The summed E-state index contributed by atoms with van der Waals surface area (Å²) in [6, 6.07) is 5.89. The van der Waals surface area contributed by atoms with E-state index in [-0.39, 0.29) is 0 Å². The average molecular weight is 242 g/mol.